The summed E-state index contributed by atoms with van der Waals surface area (Å²) >= 11 is 0. The van der Waals surface area contributed by atoms with Gasteiger partial charge in [0.25, 0.3) is 5.91 Å². The van der Waals surface area contributed by atoms with Gasteiger partial charge in [-0.15, -0.1) is 0 Å². The quantitative estimate of drug-likeness (QED) is 0.799. The predicted molar refractivity (Wildman–Crippen MR) is 100 cm³/mol. The summed E-state index contributed by atoms with van der Waals surface area (Å²) in [5.74, 6) is 0.770. The molecule has 1 heterocycles. The molecule has 0 spiro atoms. The van der Waals surface area contributed by atoms with Crippen molar-refractivity contribution in [2.75, 3.05) is 18.4 Å². The standard InChI is InChI=1S/C19H21BN4O2/c1-12-8-21-19(22-9-12)23-17(25)11-24(10-15-7-13(15)2)18(26)14-3-5-16(20)6-4-14/h3-6,8-9,13,15H,7,10-11H2,1-2H3,(H,21,22,23,25)/t13?,15-/m0/s1. The maximum atomic E-state index is 12.8. The molecule has 0 saturated heterocycles. The van der Waals surface area contributed by atoms with Gasteiger partial charge in [0.1, 0.15) is 14.4 Å². The van der Waals surface area contributed by atoms with E-state index >= 15 is 0 Å². The van der Waals surface area contributed by atoms with Gasteiger partial charge in [-0.3, -0.25) is 14.9 Å². The molecule has 1 aliphatic rings. The molecule has 2 atom stereocenters. The molecule has 1 aromatic heterocycles. The van der Waals surface area contributed by atoms with E-state index in [4.69, 9.17) is 7.85 Å². The van der Waals surface area contributed by atoms with Crippen molar-refractivity contribution < 1.29 is 9.59 Å². The van der Waals surface area contributed by atoms with Gasteiger partial charge in [0.15, 0.2) is 0 Å². The molecular weight excluding hydrogens is 327 g/mol. The minimum atomic E-state index is -0.314. The van der Waals surface area contributed by atoms with Crippen LogP contribution in [0.15, 0.2) is 36.7 Å². The van der Waals surface area contributed by atoms with Crippen LogP contribution in [0.5, 0.6) is 0 Å². The topological polar surface area (TPSA) is 75.2 Å². The Bertz CT molecular complexity index is 792. The summed E-state index contributed by atoms with van der Waals surface area (Å²) < 4.78 is 0. The Morgan fingerprint density at radius 3 is 2.42 bits per heavy atom. The van der Waals surface area contributed by atoms with Gasteiger partial charge >= 0.3 is 0 Å². The smallest absolute Gasteiger partial charge is 0.254 e. The lowest BCUT2D eigenvalue weighted by atomic mass is 9.95. The van der Waals surface area contributed by atoms with Gasteiger partial charge in [-0.05, 0) is 30.7 Å². The summed E-state index contributed by atoms with van der Waals surface area (Å²) in [6.45, 7) is 4.54. The van der Waals surface area contributed by atoms with Crippen LogP contribution in [0.2, 0.25) is 0 Å². The van der Waals surface area contributed by atoms with Crippen LogP contribution in [-0.4, -0.2) is 47.6 Å². The second kappa shape index (κ2) is 7.68. The zero-order valence-corrected chi connectivity index (χ0v) is 15.0. The summed E-state index contributed by atoms with van der Waals surface area (Å²) in [4.78, 5) is 34.9. The van der Waals surface area contributed by atoms with Gasteiger partial charge in [0, 0.05) is 24.5 Å². The summed E-state index contributed by atoms with van der Waals surface area (Å²) in [5.41, 5.74) is 2.02. The van der Waals surface area contributed by atoms with Crippen molar-refractivity contribution in [2.45, 2.75) is 20.3 Å². The predicted octanol–water partition coefficient (Wildman–Crippen LogP) is 1.32. The number of benzene rings is 1. The molecule has 7 heteroatoms. The Balaban J connectivity index is 1.68. The zero-order valence-electron chi connectivity index (χ0n) is 15.0. The van der Waals surface area contributed by atoms with E-state index in [-0.39, 0.29) is 24.3 Å². The first-order chi connectivity index (χ1) is 12.4. The third-order valence-corrected chi connectivity index (χ3v) is 4.54. The second-order valence-corrected chi connectivity index (χ2v) is 6.91. The molecule has 2 aromatic rings. The fraction of sp³-hybridized carbons (Fsp3) is 0.368. The Labute approximate surface area is 154 Å². The lowest BCUT2D eigenvalue weighted by Gasteiger charge is -2.22. The minimum Gasteiger partial charge on any atom is -0.329 e. The van der Waals surface area contributed by atoms with Crippen molar-refractivity contribution in [2.24, 2.45) is 11.8 Å². The average molecular weight is 348 g/mol. The van der Waals surface area contributed by atoms with Gasteiger partial charge in [0.2, 0.25) is 11.9 Å². The molecular formula is C19H21BN4O2. The van der Waals surface area contributed by atoms with Crippen molar-refractivity contribution in [1.29, 1.82) is 0 Å². The fourth-order valence-corrected chi connectivity index (χ4v) is 2.76. The number of rotatable bonds is 6. The van der Waals surface area contributed by atoms with E-state index in [0.29, 0.717) is 29.4 Å². The van der Waals surface area contributed by atoms with Crippen LogP contribution in [0.4, 0.5) is 5.95 Å². The molecule has 0 bridgehead atoms. The van der Waals surface area contributed by atoms with E-state index in [1.165, 1.54) is 0 Å². The molecule has 6 nitrogen and oxygen atoms in total. The number of hydrogen-bond donors (Lipinski definition) is 1. The van der Waals surface area contributed by atoms with Crippen molar-refractivity contribution in [3.63, 3.8) is 0 Å². The van der Waals surface area contributed by atoms with E-state index in [2.05, 4.69) is 22.2 Å². The molecule has 2 radical (unpaired) electrons. The molecule has 132 valence electrons. The number of hydrogen-bond acceptors (Lipinski definition) is 4. The Morgan fingerprint density at radius 1 is 1.23 bits per heavy atom. The molecule has 1 aromatic carbocycles. The fourth-order valence-electron chi connectivity index (χ4n) is 2.76. The van der Waals surface area contributed by atoms with E-state index < -0.39 is 0 Å². The Hall–Kier alpha value is -2.70. The average Bonchev–Trinajstić information content (AvgIpc) is 3.31. The third kappa shape index (κ3) is 4.68. The molecule has 26 heavy (non-hydrogen) atoms. The van der Waals surface area contributed by atoms with Gasteiger partial charge in [-0.2, -0.15) is 0 Å². The molecule has 1 aliphatic carbocycles. The Morgan fingerprint density at radius 2 is 1.85 bits per heavy atom. The van der Waals surface area contributed by atoms with Crippen LogP contribution in [0.3, 0.4) is 0 Å². The van der Waals surface area contributed by atoms with Gasteiger partial charge in [-0.25, -0.2) is 9.97 Å². The van der Waals surface area contributed by atoms with Crippen LogP contribution in [-0.2, 0) is 4.79 Å². The highest BCUT2D eigenvalue weighted by molar-refractivity contribution is 6.32. The first-order valence-electron chi connectivity index (χ1n) is 8.65. The summed E-state index contributed by atoms with van der Waals surface area (Å²) in [7, 11) is 5.69. The normalized spacial score (nSPS) is 18.2. The van der Waals surface area contributed by atoms with Crippen LogP contribution in [0.25, 0.3) is 0 Å². The maximum Gasteiger partial charge on any atom is 0.254 e. The second-order valence-electron chi connectivity index (χ2n) is 6.91. The highest BCUT2D eigenvalue weighted by Crippen LogP contribution is 2.38. The molecule has 2 amide bonds. The van der Waals surface area contributed by atoms with Gasteiger partial charge in [-0.1, -0.05) is 36.7 Å². The number of amides is 2. The van der Waals surface area contributed by atoms with Crippen molar-refractivity contribution in [1.82, 2.24) is 14.9 Å². The van der Waals surface area contributed by atoms with Crippen molar-refractivity contribution in [3.8, 4) is 0 Å². The highest BCUT2D eigenvalue weighted by atomic mass is 16.2. The van der Waals surface area contributed by atoms with Crippen LogP contribution in [0.1, 0.15) is 29.3 Å². The largest absolute Gasteiger partial charge is 0.329 e. The Kier molecular flexibility index (Phi) is 5.35. The molecule has 1 saturated carbocycles. The van der Waals surface area contributed by atoms with E-state index in [1.54, 1.807) is 41.6 Å². The summed E-state index contributed by atoms with van der Waals surface area (Å²) in [6.07, 6.45) is 4.34. The number of carbonyl (C=O) groups excluding carboxylic acids is 2. The monoisotopic (exact) mass is 348 g/mol. The minimum absolute atomic E-state index is 0.0380. The maximum absolute atomic E-state index is 12.8. The molecule has 1 unspecified atom stereocenters. The van der Waals surface area contributed by atoms with Crippen molar-refractivity contribution in [3.05, 3.63) is 47.8 Å². The number of aryl methyl sites for hydroxylation is 1. The first-order valence-corrected chi connectivity index (χ1v) is 8.65. The molecule has 1 fully saturated rings. The van der Waals surface area contributed by atoms with Crippen LogP contribution >= 0.6 is 0 Å². The number of aromatic nitrogens is 2. The SMILES string of the molecule is [B]c1ccc(C(=O)N(CC(=O)Nc2ncc(C)cn2)C[C@@H]2CC2C)cc1. The van der Waals surface area contributed by atoms with Crippen LogP contribution in [0, 0.1) is 18.8 Å². The number of anilines is 1. The zero-order chi connectivity index (χ0) is 18.7. The number of nitrogens with one attached hydrogen (secondary N) is 1. The van der Waals surface area contributed by atoms with Crippen molar-refractivity contribution >= 4 is 31.1 Å². The van der Waals surface area contributed by atoms with E-state index in [1.807, 2.05) is 6.92 Å². The first kappa shape index (κ1) is 18.1. The van der Waals surface area contributed by atoms with Crippen LogP contribution < -0.4 is 10.8 Å². The summed E-state index contributed by atoms with van der Waals surface area (Å²) in [5, 5.41) is 2.64. The van der Waals surface area contributed by atoms with E-state index in [0.717, 1.165) is 12.0 Å². The molecule has 1 N–H and O–H groups in total. The summed E-state index contributed by atoms with van der Waals surface area (Å²) in [6, 6.07) is 6.74. The highest BCUT2D eigenvalue weighted by Gasteiger charge is 2.35. The lowest BCUT2D eigenvalue weighted by Crippen LogP contribution is -2.39. The van der Waals surface area contributed by atoms with Gasteiger partial charge < -0.3 is 4.90 Å². The third-order valence-electron chi connectivity index (χ3n) is 4.54. The van der Waals surface area contributed by atoms with Gasteiger partial charge in [0.05, 0.1) is 0 Å². The van der Waals surface area contributed by atoms with E-state index in [9.17, 15) is 9.59 Å². The lowest BCUT2D eigenvalue weighted by molar-refractivity contribution is -0.117. The molecule has 3 rings (SSSR count). The molecule has 0 aliphatic heterocycles. The number of nitrogens with zero attached hydrogens (tertiary/aromatic N) is 3. The number of carbonyl (C=O) groups is 2.